The molecule has 13 heavy (non-hydrogen) atoms. The topological polar surface area (TPSA) is 41.1 Å². The van der Waals surface area contributed by atoms with E-state index >= 15 is 0 Å². The summed E-state index contributed by atoms with van der Waals surface area (Å²) < 4.78 is 0. The molecule has 4 heteroatoms. The molecule has 0 aromatic carbocycles. The molecule has 0 fully saturated rings. The highest BCUT2D eigenvalue weighted by atomic mass is 32.1. The van der Waals surface area contributed by atoms with E-state index in [4.69, 9.17) is 0 Å². The van der Waals surface area contributed by atoms with Crippen LogP contribution in [-0.2, 0) is 4.79 Å². The predicted molar refractivity (Wildman–Crippen MR) is 56.1 cm³/mol. The van der Waals surface area contributed by atoms with Crippen LogP contribution in [0.4, 0.5) is 5.69 Å². The second-order valence-electron chi connectivity index (χ2n) is 3.34. The summed E-state index contributed by atoms with van der Waals surface area (Å²) in [5, 5.41) is 9.61. The quantitative estimate of drug-likeness (QED) is 0.776. The number of likely N-dealkylation sites (N-methyl/N-ethyl adjacent to an activating group) is 1. The van der Waals surface area contributed by atoms with Gasteiger partial charge in [0, 0.05) is 5.38 Å². The zero-order chi connectivity index (χ0) is 9.90. The minimum absolute atomic E-state index is 0.0200. The fraction of sp³-hybridized carbons (Fsp3) is 0.444. The molecule has 0 aliphatic heterocycles. The third-order valence-corrected chi connectivity index (χ3v) is 2.65. The summed E-state index contributed by atoms with van der Waals surface area (Å²) >= 11 is 1.56. The Balaban J connectivity index is 2.61. The molecule has 2 N–H and O–H groups in total. The Labute approximate surface area is 82.2 Å². The van der Waals surface area contributed by atoms with Gasteiger partial charge in [-0.25, -0.2) is 0 Å². The molecule has 0 saturated carbocycles. The molecular formula is C9H14N2OS. The molecule has 0 unspecified atom stereocenters. The van der Waals surface area contributed by atoms with E-state index in [0.717, 1.165) is 5.69 Å². The maximum atomic E-state index is 11.6. The Morgan fingerprint density at radius 2 is 2.23 bits per heavy atom. The van der Waals surface area contributed by atoms with E-state index in [0.29, 0.717) is 0 Å². The van der Waals surface area contributed by atoms with Crippen molar-refractivity contribution in [2.75, 3.05) is 12.4 Å². The van der Waals surface area contributed by atoms with E-state index in [9.17, 15) is 4.79 Å². The van der Waals surface area contributed by atoms with Gasteiger partial charge in [-0.3, -0.25) is 4.79 Å². The van der Waals surface area contributed by atoms with Crippen LogP contribution in [-0.4, -0.2) is 18.5 Å². The van der Waals surface area contributed by atoms with Crippen molar-refractivity contribution in [2.45, 2.75) is 19.4 Å². The van der Waals surface area contributed by atoms with Gasteiger partial charge in [0.05, 0.1) is 11.2 Å². The van der Waals surface area contributed by atoms with Crippen molar-refractivity contribution in [2.24, 2.45) is 0 Å². The molecule has 0 atom stereocenters. The van der Waals surface area contributed by atoms with Gasteiger partial charge in [0.1, 0.15) is 0 Å². The Morgan fingerprint density at radius 1 is 1.54 bits per heavy atom. The maximum absolute atomic E-state index is 11.6. The van der Waals surface area contributed by atoms with Gasteiger partial charge in [0.15, 0.2) is 0 Å². The van der Waals surface area contributed by atoms with Crippen LogP contribution in [0.2, 0.25) is 0 Å². The van der Waals surface area contributed by atoms with Crippen molar-refractivity contribution in [1.29, 1.82) is 0 Å². The lowest BCUT2D eigenvalue weighted by Crippen LogP contribution is -2.47. The number of thiophene rings is 1. The summed E-state index contributed by atoms with van der Waals surface area (Å²) in [5.41, 5.74) is 0.334. The Hall–Kier alpha value is -0.870. The monoisotopic (exact) mass is 198 g/mol. The minimum atomic E-state index is -0.526. The van der Waals surface area contributed by atoms with E-state index in [1.165, 1.54) is 0 Å². The third kappa shape index (κ3) is 2.54. The Kier molecular flexibility index (Phi) is 3.06. The molecule has 0 spiro atoms. The number of hydrogen-bond acceptors (Lipinski definition) is 3. The highest BCUT2D eigenvalue weighted by molar-refractivity contribution is 7.08. The summed E-state index contributed by atoms with van der Waals surface area (Å²) in [5.74, 6) is -0.0200. The van der Waals surface area contributed by atoms with Gasteiger partial charge >= 0.3 is 0 Å². The molecule has 1 aromatic rings. The average molecular weight is 198 g/mol. The van der Waals surface area contributed by atoms with Gasteiger partial charge in [0.2, 0.25) is 5.91 Å². The minimum Gasteiger partial charge on any atom is -0.324 e. The van der Waals surface area contributed by atoms with Crippen LogP contribution in [0.25, 0.3) is 0 Å². The van der Waals surface area contributed by atoms with Gasteiger partial charge in [-0.05, 0) is 32.3 Å². The fourth-order valence-electron chi connectivity index (χ4n) is 0.736. The Morgan fingerprint density at radius 3 is 2.69 bits per heavy atom. The standard InChI is InChI=1S/C9H14N2OS/c1-9(2,10-3)8(12)11-7-4-5-13-6-7/h4-6,10H,1-3H3,(H,11,12). The molecule has 1 amide bonds. The summed E-state index contributed by atoms with van der Waals surface area (Å²) in [4.78, 5) is 11.6. The molecule has 0 saturated heterocycles. The van der Waals surface area contributed by atoms with Crippen LogP contribution in [0.5, 0.6) is 0 Å². The molecule has 0 aliphatic rings. The normalized spacial score (nSPS) is 11.3. The van der Waals surface area contributed by atoms with Crippen molar-refractivity contribution in [1.82, 2.24) is 5.32 Å². The van der Waals surface area contributed by atoms with Crippen LogP contribution in [0, 0.1) is 0 Å². The average Bonchev–Trinajstić information content (AvgIpc) is 2.57. The van der Waals surface area contributed by atoms with Crippen LogP contribution in [0.1, 0.15) is 13.8 Å². The number of carbonyl (C=O) groups is 1. The van der Waals surface area contributed by atoms with Crippen LogP contribution in [0.3, 0.4) is 0 Å². The summed E-state index contributed by atoms with van der Waals surface area (Å²) in [6, 6.07) is 1.88. The lowest BCUT2D eigenvalue weighted by atomic mass is 10.1. The highest BCUT2D eigenvalue weighted by Gasteiger charge is 2.24. The molecule has 1 rings (SSSR count). The summed E-state index contributed by atoms with van der Waals surface area (Å²) in [7, 11) is 1.77. The van der Waals surface area contributed by atoms with E-state index in [1.54, 1.807) is 18.4 Å². The van der Waals surface area contributed by atoms with Crippen LogP contribution in [0.15, 0.2) is 16.8 Å². The molecule has 3 nitrogen and oxygen atoms in total. The van der Waals surface area contributed by atoms with Crippen molar-refractivity contribution < 1.29 is 4.79 Å². The van der Waals surface area contributed by atoms with Crippen molar-refractivity contribution in [3.8, 4) is 0 Å². The number of nitrogens with one attached hydrogen (secondary N) is 2. The lowest BCUT2D eigenvalue weighted by Gasteiger charge is -2.22. The zero-order valence-electron chi connectivity index (χ0n) is 8.05. The number of amides is 1. The highest BCUT2D eigenvalue weighted by Crippen LogP contribution is 2.14. The van der Waals surface area contributed by atoms with Gasteiger partial charge in [-0.1, -0.05) is 0 Å². The second-order valence-corrected chi connectivity index (χ2v) is 4.12. The predicted octanol–water partition coefficient (Wildman–Crippen LogP) is 1.68. The van der Waals surface area contributed by atoms with Gasteiger partial charge in [0.25, 0.3) is 0 Å². The van der Waals surface area contributed by atoms with Crippen molar-refractivity contribution in [3.63, 3.8) is 0 Å². The smallest absolute Gasteiger partial charge is 0.244 e. The first kappa shape index (κ1) is 10.2. The molecular weight excluding hydrogens is 184 g/mol. The fourth-order valence-corrected chi connectivity index (χ4v) is 1.32. The van der Waals surface area contributed by atoms with Crippen molar-refractivity contribution >= 4 is 22.9 Å². The van der Waals surface area contributed by atoms with E-state index in [2.05, 4.69) is 10.6 Å². The van der Waals surface area contributed by atoms with Gasteiger partial charge in [-0.2, -0.15) is 11.3 Å². The number of hydrogen-bond donors (Lipinski definition) is 2. The zero-order valence-corrected chi connectivity index (χ0v) is 8.87. The largest absolute Gasteiger partial charge is 0.324 e. The number of rotatable bonds is 3. The molecule has 1 heterocycles. The number of anilines is 1. The van der Waals surface area contributed by atoms with Crippen molar-refractivity contribution in [3.05, 3.63) is 16.8 Å². The summed E-state index contributed by atoms with van der Waals surface area (Å²) in [6.45, 7) is 3.68. The first-order valence-electron chi connectivity index (χ1n) is 4.09. The van der Waals surface area contributed by atoms with Crippen LogP contribution >= 0.6 is 11.3 Å². The SMILES string of the molecule is CNC(C)(C)C(=O)Nc1ccsc1. The molecule has 1 aromatic heterocycles. The third-order valence-electron chi connectivity index (χ3n) is 1.97. The molecule has 0 radical (unpaired) electrons. The van der Waals surface area contributed by atoms with E-state index < -0.39 is 5.54 Å². The van der Waals surface area contributed by atoms with Gasteiger partial charge < -0.3 is 10.6 Å². The molecule has 72 valence electrons. The first-order chi connectivity index (χ1) is 6.06. The van der Waals surface area contributed by atoms with Crippen LogP contribution < -0.4 is 10.6 Å². The maximum Gasteiger partial charge on any atom is 0.244 e. The molecule has 0 aliphatic carbocycles. The van der Waals surface area contributed by atoms with E-state index in [1.807, 2.05) is 30.7 Å². The summed E-state index contributed by atoms with van der Waals surface area (Å²) in [6.07, 6.45) is 0. The number of carbonyl (C=O) groups excluding carboxylic acids is 1. The van der Waals surface area contributed by atoms with E-state index in [-0.39, 0.29) is 5.91 Å². The Bertz CT molecular complexity index is 280. The lowest BCUT2D eigenvalue weighted by molar-refractivity contribution is -0.121. The molecule has 0 bridgehead atoms. The second kappa shape index (κ2) is 3.89. The first-order valence-corrected chi connectivity index (χ1v) is 5.03. The van der Waals surface area contributed by atoms with Gasteiger partial charge in [-0.15, -0.1) is 0 Å².